The summed E-state index contributed by atoms with van der Waals surface area (Å²) < 4.78 is 0. The van der Waals surface area contributed by atoms with Gasteiger partial charge in [0.1, 0.15) is 0 Å². The molecule has 0 bridgehead atoms. The first-order valence-corrected chi connectivity index (χ1v) is 5.16. The highest BCUT2D eigenvalue weighted by Crippen LogP contribution is 2.00. The molecule has 0 fully saturated rings. The molecule has 0 radical (unpaired) electrons. The van der Waals surface area contributed by atoms with Gasteiger partial charge in [-0.2, -0.15) is 0 Å². The minimum Gasteiger partial charge on any atom is -0.295 e. The standard InChI is InChI=1S/C6H6O2.C4H8.C4H6/c7-5-1-2-6(8)4-3-5;2*1-3-4-2/h1-2H,3-4H2;3-4H,1-2H3;3-4H,1-2H2/b;4-3-;. The Morgan fingerprint density at radius 1 is 0.938 bits per heavy atom. The molecule has 1 aliphatic carbocycles. The quantitative estimate of drug-likeness (QED) is 0.501. The zero-order valence-electron chi connectivity index (χ0n) is 10.1. The molecule has 0 aromatic rings. The van der Waals surface area contributed by atoms with E-state index < -0.39 is 0 Å². The molecule has 88 valence electrons. The monoisotopic (exact) mass is 220 g/mol. The maximum absolute atomic E-state index is 10.4. The Hall–Kier alpha value is -1.70. The van der Waals surface area contributed by atoms with Crippen molar-refractivity contribution in [2.75, 3.05) is 0 Å². The van der Waals surface area contributed by atoms with Crippen molar-refractivity contribution in [3.05, 3.63) is 49.6 Å². The van der Waals surface area contributed by atoms with Crippen LogP contribution in [-0.2, 0) is 9.59 Å². The van der Waals surface area contributed by atoms with Crippen LogP contribution in [0.3, 0.4) is 0 Å². The Labute approximate surface area is 98.1 Å². The van der Waals surface area contributed by atoms with Gasteiger partial charge in [0.05, 0.1) is 0 Å². The molecule has 2 nitrogen and oxygen atoms in total. The molecule has 16 heavy (non-hydrogen) atoms. The number of hydrogen-bond acceptors (Lipinski definition) is 2. The second kappa shape index (κ2) is 13.3. The van der Waals surface area contributed by atoms with Crippen LogP contribution >= 0.6 is 0 Å². The highest BCUT2D eigenvalue weighted by atomic mass is 16.1. The Balaban J connectivity index is 0. The van der Waals surface area contributed by atoms with E-state index in [4.69, 9.17) is 0 Å². The van der Waals surface area contributed by atoms with Crippen LogP contribution in [0.5, 0.6) is 0 Å². The van der Waals surface area contributed by atoms with Crippen molar-refractivity contribution in [3.8, 4) is 0 Å². The number of carbonyl (C=O) groups excluding carboxylic acids is 2. The predicted octanol–water partition coefficient (Wildman–Crippen LogP) is 3.42. The van der Waals surface area contributed by atoms with E-state index in [9.17, 15) is 9.59 Å². The van der Waals surface area contributed by atoms with Gasteiger partial charge in [-0.1, -0.05) is 37.5 Å². The average Bonchev–Trinajstić information content (AvgIpc) is 2.33. The molecule has 2 heteroatoms. The Morgan fingerprint density at radius 3 is 1.38 bits per heavy atom. The first-order valence-electron chi connectivity index (χ1n) is 5.16. The highest BCUT2D eigenvalue weighted by molar-refractivity contribution is 6.04. The fraction of sp³-hybridized carbons (Fsp3) is 0.286. The van der Waals surface area contributed by atoms with Crippen molar-refractivity contribution in [1.82, 2.24) is 0 Å². The van der Waals surface area contributed by atoms with Crippen LogP contribution in [0.25, 0.3) is 0 Å². The van der Waals surface area contributed by atoms with Crippen LogP contribution in [0, 0.1) is 0 Å². The second-order valence-corrected chi connectivity index (χ2v) is 2.90. The fourth-order valence-corrected chi connectivity index (χ4v) is 0.599. The Kier molecular flexibility index (Phi) is 13.9. The van der Waals surface area contributed by atoms with Crippen LogP contribution in [0.15, 0.2) is 49.6 Å². The Morgan fingerprint density at radius 2 is 1.25 bits per heavy atom. The number of ketones is 2. The van der Waals surface area contributed by atoms with Crippen LogP contribution in [0.4, 0.5) is 0 Å². The molecule has 0 N–H and O–H groups in total. The van der Waals surface area contributed by atoms with E-state index >= 15 is 0 Å². The van der Waals surface area contributed by atoms with Crippen molar-refractivity contribution in [2.45, 2.75) is 26.7 Å². The fourth-order valence-electron chi connectivity index (χ4n) is 0.599. The van der Waals surface area contributed by atoms with Crippen molar-refractivity contribution >= 4 is 11.6 Å². The maximum atomic E-state index is 10.4. The summed E-state index contributed by atoms with van der Waals surface area (Å²) in [6.07, 6.45) is 10.8. The first-order chi connectivity index (χ1) is 7.62. The SMILES string of the molecule is C/C=C\C.C=CC=C.O=C1C=CC(=O)CC1. The van der Waals surface area contributed by atoms with Crippen LogP contribution in [0.1, 0.15) is 26.7 Å². The number of carbonyl (C=O) groups is 2. The van der Waals surface area contributed by atoms with E-state index in [1.807, 2.05) is 26.0 Å². The largest absolute Gasteiger partial charge is 0.295 e. The van der Waals surface area contributed by atoms with Gasteiger partial charge in [0.15, 0.2) is 11.6 Å². The van der Waals surface area contributed by atoms with E-state index in [1.54, 1.807) is 12.2 Å². The molecular formula is C14H20O2. The maximum Gasteiger partial charge on any atom is 0.156 e. The average molecular weight is 220 g/mol. The molecule has 0 amide bonds. The summed E-state index contributed by atoms with van der Waals surface area (Å²) in [5.74, 6) is 0.120. The smallest absolute Gasteiger partial charge is 0.156 e. The summed E-state index contributed by atoms with van der Waals surface area (Å²) in [4.78, 5) is 20.7. The molecule has 0 saturated carbocycles. The van der Waals surface area contributed by atoms with Gasteiger partial charge in [-0.3, -0.25) is 9.59 Å². The van der Waals surface area contributed by atoms with Gasteiger partial charge in [0.25, 0.3) is 0 Å². The van der Waals surface area contributed by atoms with Crippen molar-refractivity contribution < 1.29 is 9.59 Å². The zero-order chi connectivity index (χ0) is 12.8. The number of rotatable bonds is 1. The van der Waals surface area contributed by atoms with Crippen LogP contribution in [0.2, 0.25) is 0 Å². The van der Waals surface area contributed by atoms with Gasteiger partial charge in [-0.05, 0) is 26.0 Å². The summed E-state index contributed by atoms with van der Waals surface area (Å²) in [6, 6.07) is 0. The lowest BCUT2D eigenvalue weighted by molar-refractivity contribution is -0.121. The summed E-state index contributed by atoms with van der Waals surface area (Å²) >= 11 is 0. The van der Waals surface area contributed by atoms with E-state index in [1.165, 1.54) is 12.2 Å². The molecule has 1 aliphatic rings. The zero-order valence-corrected chi connectivity index (χ0v) is 10.1. The van der Waals surface area contributed by atoms with E-state index in [0.717, 1.165) is 0 Å². The molecule has 0 spiro atoms. The third-order valence-corrected chi connectivity index (χ3v) is 1.57. The molecule has 1 rings (SSSR count). The summed E-state index contributed by atoms with van der Waals surface area (Å²) in [5.41, 5.74) is 0. The minimum atomic E-state index is 0.0598. The molecular weight excluding hydrogens is 200 g/mol. The lowest BCUT2D eigenvalue weighted by Crippen LogP contribution is -2.05. The van der Waals surface area contributed by atoms with Gasteiger partial charge >= 0.3 is 0 Å². The molecule has 0 heterocycles. The summed E-state index contributed by atoms with van der Waals surface area (Å²) in [7, 11) is 0. The van der Waals surface area contributed by atoms with Crippen molar-refractivity contribution in [2.24, 2.45) is 0 Å². The molecule has 0 aromatic heterocycles. The predicted molar refractivity (Wildman–Crippen MR) is 69.3 cm³/mol. The van der Waals surface area contributed by atoms with E-state index in [0.29, 0.717) is 12.8 Å². The number of hydrogen-bond donors (Lipinski definition) is 0. The normalized spacial score (nSPS) is 13.4. The molecule has 0 saturated heterocycles. The topological polar surface area (TPSA) is 34.1 Å². The van der Waals surface area contributed by atoms with E-state index in [-0.39, 0.29) is 11.6 Å². The van der Waals surface area contributed by atoms with Gasteiger partial charge in [-0.15, -0.1) is 0 Å². The van der Waals surface area contributed by atoms with Crippen LogP contribution < -0.4 is 0 Å². The molecule has 0 aliphatic heterocycles. The second-order valence-electron chi connectivity index (χ2n) is 2.90. The lowest BCUT2D eigenvalue weighted by Gasteiger charge is -1.96. The highest BCUT2D eigenvalue weighted by Gasteiger charge is 2.06. The van der Waals surface area contributed by atoms with E-state index in [2.05, 4.69) is 13.2 Å². The van der Waals surface area contributed by atoms with Gasteiger partial charge in [-0.25, -0.2) is 0 Å². The summed E-state index contributed by atoms with van der Waals surface area (Å²) in [5, 5.41) is 0. The van der Waals surface area contributed by atoms with Gasteiger partial charge in [0.2, 0.25) is 0 Å². The number of allylic oxidation sites excluding steroid dienone is 6. The van der Waals surface area contributed by atoms with Gasteiger partial charge in [0, 0.05) is 12.8 Å². The van der Waals surface area contributed by atoms with Gasteiger partial charge < -0.3 is 0 Å². The third kappa shape index (κ3) is 14.8. The lowest BCUT2D eigenvalue weighted by atomic mass is 10.1. The molecule has 0 unspecified atom stereocenters. The molecule has 0 atom stereocenters. The third-order valence-electron chi connectivity index (χ3n) is 1.57. The minimum absolute atomic E-state index is 0.0598. The van der Waals surface area contributed by atoms with Crippen molar-refractivity contribution in [1.29, 1.82) is 0 Å². The first kappa shape index (κ1) is 16.7. The summed E-state index contributed by atoms with van der Waals surface area (Å²) in [6.45, 7) is 10.7. The van der Waals surface area contributed by atoms with Crippen LogP contribution in [-0.4, -0.2) is 11.6 Å². The molecule has 0 aromatic carbocycles. The Bertz CT molecular complexity index is 255. The van der Waals surface area contributed by atoms with Crippen molar-refractivity contribution in [3.63, 3.8) is 0 Å².